The highest BCUT2D eigenvalue weighted by atomic mass is 32.2. The number of nitrogens with one attached hydrogen (secondary N) is 2. The van der Waals surface area contributed by atoms with Crippen LogP contribution in [0.2, 0.25) is 0 Å². The van der Waals surface area contributed by atoms with Crippen LogP contribution in [0.4, 0.5) is 11.4 Å². The molecule has 0 saturated carbocycles. The molecule has 22 nitrogen and oxygen atoms in total. The zero-order chi connectivity index (χ0) is 54.6. The minimum atomic E-state index is -4.19. The Bertz CT molecular complexity index is 2630. The Labute approximate surface area is 425 Å². The molecule has 2 aromatic rings. The number of fused-ring (bicyclic) bond motifs is 2. The van der Waals surface area contributed by atoms with Crippen LogP contribution in [0.25, 0.3) is 0 Å². The molecule has 24 heteroatoms. The van der Waals surface area contributed by atoms with Gasteiger partial charge in [-0.25, -0.2) is 0 Å². The molecule has 2 aliphatic rings. The number of hydrogen-bond donors (Lipinski definition) is 14. The lowest BCUT2D eigenvalue weighted by Crippen LogP contribution is -2.49. The summed E-state index contributed by atoms with van der Waals surface area (Å²) < 4.78 is 66.5. The highest BCUT2D eigenvalue weighted by Gasteiger charge is 2.45. The van der Waals surface area contributed by atoms with E-state index in [1.165, 1.54) is 0 Å². The SMILES string of the molecule is CC1(C)C(/C=C/C=C/C=C/C=C2/N(CCCCS(=O)(=O)O)c3ccc(C(=O)NC[C@@H](O)[C@H](O)[C@@H](O)[C@H](O)CO)cc3C2(C)C)=[N+](CCCCS(=O)(=O)O)c2ccc(C(=O)NC[C@H](O)[C@@H](O)[C@H](O)[C@@H](O)CO)cc21. The van der Waals surface area contributed by atoms with Gasteiger partial charge in [0.15, 0.2) is 5.71 Å². The Balaban J connectivity index is 1.57. The summed E-state index contributed by atoms with van der Waals surface area (Å²) in [5.74, 6) is -2.08. The normalized spacial score (nSPS) is 19.5. The van der Waals surface area contributed by atoms with Crippen molar-refractivity contribution in [3.8, 4) is 0 Å². The van der Waals surface area contributed by atoms with Crippen molar-refractivity contribution in [3.05, 3.63) is 107 Å². The third kappa shape index (κ3) is 16.1. The molecule has 0 aromatic heterocycles. The fraction of sp³-hybridized carbons (Fsp3) is 0.531. The maximum atomic E-state index is 13.3. The van der Waals surface area contributed by atoms with Crippen LogP contribution in [0.5, 0.6) is 0 Å². The first-order valence-electron chi connectivity index (χ1n) is 23.6. The molecular weight excluding hydrogens is 997 g/mol. The summed E-state index contributed by atoms with van der Waals surface area (Å²) in [7, 11) is -8.38. The molecule has 0 radical (unpaired) electrons. The number of rotatable bonds is 28. The maximum absolute atomic E-state index is 13.3. The molecule has 0 unspecified atom stereocenters. The second kappa shape index (κ2) is 26.1. The maximum Gasteiger partial charge on any atom is 0.264 e. The molecule has 2 aliphatic heterocycles. The Morgan fingerprint density at radius 3 is 1.60 bits per heavy atom. The van der Waals surface area contributed by atoms with Crippen LogP contribution in [0.1, 0.15) is 85.2 Å². The first-order chi connectivity index (χ1) is 34.1. The summed E-state index contributed by atoms with van der Waals surface area (Å²) in [6.45, 7) is 5.77. The first kappa shape index (κ1) is 60.8. The topological polar surface area (TPSA) is 375 Å². The third-order valence-electron chi connectivity index (χ3n) is 12.9. The van der Waals surface area contributed by atoms with E-state index in [2.05, 4.69) is 10.6 Å². The van der Waals surface area contributed by atoms with Crippen molar-refractivity contribution in [1.29, 1.82) is 0 Å². The quantitative estimate of drug-likeness (QED) is 0.0212. The van der Waals surface area contributed by atoms with Gasteiger partial charge in [0.25, 0.3) is 32.1 Å². The van der Waals surface area contributed by atoms with Crippen LogP contribution < -0.4 is 15.5 Å². The van der Waals surface area contributed by atoms with E-state index >= 15 is 0 Å². The number of unbranched alkanes of at least 4 members (excludes halogenated alkanes) is 2. The molecule has 4 rings (SSSR count). The Morgan fingerprint density at radius 2 is 1.08 bits per heavy atom. The lowest BCUT2D eigenvalue weighted by Gasteiger charge is -2.27. The minimum absolute atomic E-state index is 0.172. The van der Waals surface area contributed by atoms with Crippen LogP contribution in [0, 0.1) is 0 Å². The van der Waals surface area contributed by atoms with E-state index in [9.17, 15) is 76.4 Å². The van der Waals surface area contributed by atoms with Crippen molar-refractivity contribution in [2.24, 2.45) is 0 Å². The van der Waals surface area contributed by atoms with Crippen LogP contribution in [-0.4, -0.2) is 199 Å². The average Bonchev–Trinajstić information content (AvgIpc) is 3.68. The highest BCUT2D eigenvalue weighted by molar-refractivity contribution is 7.86. The predicted octanol–water partition coefficient (Wildman–Crippen LogP) is -0.919. The van der Waals surface area contributed by atoms with Gasteiger partial charge in [-0.05, 0) is 75.1 Å². The average molecular weight is 1070 g/mol. The number of nitrogens with zero attached hydrogens (tertiary/aromatic N) is 2. The van der Waals surface area contributed by atoms with Gasteiger partial charge in [0.05, 0.1) is 42.3 Å². The van der Waals surface area contributed by atoms with E-state index in [4.69, 9.17) is 10.2 Å². The van der Waals surface area contributed by atoms with Crippen LogP contribution >= 0.6 is 0 Å². The van der Waals surface area contributed by atoms with E-state index in [1.807, 2.05) is 49.3 Å². The molecule has 406 valence electrons. The zero-order valence-corrected chi connectivity index (χ0v) is 42.8. The van der Waals surface area contributed by atoms with Gasteiger partial charge in [0.2, 0.25) is 5.69 Å². The fourth-order valence-corrected chi connectivity index (χ4v) is 9.81. The molecule has 14 N–H and O–H groups in total. The van der Waals surface area contributed by atoms with Crippen molar-refractivity contribution in [2.75, 3.05) is 55.8 Å². The lowest BCUT2D eigenvalue weighted by atomic mass is 9.80. The molecule has 0 aliphatic carbocycles. The number of aliphatic hydroxyl groups is 10. The van der Waals surface area contributed by atoms with Crippen molar-refractivity contribution < 1.29 is 91.2 Å². The van der Waals surface area contributed by atoms with Gasteiger partial charge in [-0.1, -0.05) is 44.2 Å². The smallest absolute Gasteiger partial charge is 0.264 e. The van der Waals surface area contributed by atoms with Crippen molar-refractivity contribution in [2.45, 2.75) is 113 Å². The number of amides is 2. The lowest BCUT2D eigenvalue weighted by molar-refractivity contribution is -0.438. The Hall–Kier alpha value is -4.77. The fourth-order valence-electron chi connectivity index (χ4n) is 8.68. The predicted molar refractivity (Wildman–Crippen MR) is 270 cm³/mol. The number of allylic oxidation sites excluding steroid dienone is 8. The number of anilines is 1. The van der Waals surface area contributed by atoms with Gasteiger partial charge < -0.3 is 66.6 Å². The van der Waals surface area contributed by atoms with Crippen molar-refractivity contribution in [1.82, 2.24) is 10.6 Å². The third-order valence-corrected chi connectivity index (χ3v) is 14.5. The van der Waals surface area contributed by atoms with Gasteiger partial charge in [-0.2, -0.15) is 21.4 Å². The Kier molecular flexibility index (Phi) is 21.8. The first-order valence-corrected chi connectivity index (χ1v) is 26.9. The summed E-state index contributed by atoms with van der Waals surface area (Å²) >= 11 is 0. The number of carbonyl (C=O) groups is 2. The second-order valence-electron chi connectivity index (χ2n) is 19.1. The number of carbonyl (C=O) groups excluding carboxylic acids is 2. The van der Waals surface area contributed by atoms with E-state index in [-0.39, 0.29) is 24.0 Å². The molecule has 2 amide bonds. The molecule has 2 heterocycles. The summed E-state index contributed by atoms with van der Waals surface area (Å²) in [4.78, 5) is 28.5. The number of benzene rings is 2. The summed E-state index contributed by atoms with van der Waals surface area (Å²) in [6, 6.07) is 9.92. The molecule has 0 fully saturated rings. The van der Waals surface area contributed by atoms with Gasteiger partial charge in [-0.15, -0.1) is 0 Å². The molecule has 0 saturated heterocycles. The summed E-state index contributed by atoms with van der Waals surface area (Å²) in [5.41, 5.74) is 3.55. The van der Waals surface area contributed by atoms with Crippen LogP contribution in [-0.2, 0) is 31.1 Å². The van der Waals surface area contributed by atoms with Crippen molar-refractivity contribution in [3.63, 3.8) is 0 Å². The molecule has 2 aromatic carbocycles. The summed E-state index contributed by atoms with van der Waals surface area (Å²) in [6.07, 6.45) is -0.458. The zero-order valence-electron chi connectivity index (χ0n) is 41.1. The van der Waals surface area contributed by atoms with Gasteiger partial charge in [0, 0.05) is 71.7 Å². The van der Waals surface area contributed by atoms with E-state index in [1.54, 1.807) is 66.8 Å². The number of aliphatic hydroxyl groups excluding tert-OH is 10. The van der Waals surface area contributed by atoms with Gasteiger partial charge >= 0.3 is 0 Å². The molecule has 8 atom stereocenters. The van der Waals surface area contributed by atoms with Gasteiger partial charge in [0.1, 0.15) is 43.2 Å². The standard InChI is InChI=1S/C49H70N4O18S2/c1-48(2)32-24-30(46(64)50-26-36(56)42(60)44(62)38(58)28-54)16-18-34(32)52(20-10-12-22-72(66,67)68)40(48)14-8-6-5-7-9-15-41-49(3,4)33-25-31(17-19-35(33)53(41)21-11-13-23-73(69,70)71)47(65)51-27-37(57)43(61)45(63)39(59)29-55/h5-9,14-19,24-25,36-39,42-45,54-63H,10-13,20-23,26-29H2,1-4H3,(H3-,50,51,64,65,66,67,68,69,70,71)/p+1/t36-,37+,38-,39+,42+,43-,44+,45-. The monoisotopic (exact) mass is 1070 g/mol. The van der Waals surface area contributed by atoms with Gasteiger partial charge in [-0.3, -0.25) is 18.7 Å². The largest absolute Gasteiger partial charge is 0.394 e. The molecule has 0 bridgehead atoms. The van der Waals surface area contributed by atoms with E-state index in [0.29, 0.717) is 25.9 Å². The Morgan fingerprint density at radius 1 is 0.616 bits per heavy atom. The summed E-state index contributed by atoms with van der Waals surface area (Å²) in [5, 5.41) is 103. The highest BCUT2D eigenvalue weighted by Crippen LogP contribution is 2.48. The molecule has 0 spiro atoms. The van der Waals surface area contributed by atoms with E-state index < -0.39 is 130 Å². The minimum Gasteiger partial charge on any atom is -0.394 e. The second-order valence-corrected chi connectivity index (χ2v) is 22.2. The van der Waals surface area contributed by atoms with Crippen molar-refractivity contribution >= 4 is 49.1 Å². The van der Waals surface area contributed by atoms with Crippen LogP contribution in [0.15, 0.2) is 84.6 Å². The molecule has 73 heavy (non-hydrogen) atoms. The van der Waals surface area contributed by atoms with Crippen LogP contribution in [0.3, 0.4) is 0 Å². The van der Waals surface area contributed by atoms with E-state index in [0.717, 1.165) is 33.9 Å². The number of hydrogen-bond acceptors (Lipinski definition) is 17. The molecular formula is C49H71N4O18S2+.